The SMILES string of the molecule is CC(=O)Nc1ccc(OCCOCCOCCOCCOCCOCCNc2ccc([N+](=O)[O-])cc2[N+](=O)[O-])cc1. The summed E-state index contributed by atoms with van der Waals surface area (Å²) < 4.78 is 32.7. The molecule has 0 radical (unpaired) electrons. The van der Waals surface area contributed by atoms with Gasteiger partial charge in [-0.1, -0.05) is 0 Å². The molecule has 0 aliphatic rings. The maximum atomic E-state index is 11.1. The van der Waals surface area contributed by atoms with E-state index < -0.39 is 9.85 Å². The minimum absolute atomic E-state index is 0.125. The summed E-state index contributed by atoms with van der Waals surface area (Å²) in [5.74, 6) is 0.566. The molecule has 0 bridgehead atoms. The number of nitro benzene ring substituents is 2. The van der Waals surface area contributed by atoms with E-state index in [1.54, 1.807) is 24.3 Å². The molecule has 0 aromatic heterocycles. The fourth-order valence-electron chi connectivity index (χ4n) is 3.23. The first-order chi connectivity index (χ1) is 19.9. The topological polar surface area (TPSA) is 183 Å². The van der Waals surface area contributed by atoms with Gasteiger partial charge in [0.2, 0.25) is 5.91 Å². The van der Waals surface area contributed by atoms with E-state index in [0.717, 1.165) is 6.07 Å². The smallest absolute Gasteiger partial charge is 0.299 e. The van der Waals surface area contributed by atoms with E-state index >= 15 is 0 Å². The van der Waals surface area contributed by atoms with E-state index in [2.05, 4.69) is 10.6 Å². The van der Waals surface area contributed by atoms with E-state index in [1.165, 1.54) is 19.1 Å². The molecule has 0 spiro atoms. The van der Waals surface area contributed by atoms with Gasteiger partial charge >= 0.3 is 0 Å². The van der Waals surface area contributed by atoms with Crippen molar-refractivity contribution < 1.29 is 43.1 Å². The van der Waals surface area contributed by atoms with E-state index in [4.69, 9.17) is 28.4 Å². The Balaban J connectivity index is 1.33. The number of carbonyl (C=O) groups excluding carboxylic acids is 1. The molecule has 0 unspecified atom stereocenters. The Hall–Kier alpha value is -3.89. The van der Waals surface area contributed by atoms with Gasteiger partial charge in [0.25, 0.3) is 11.4 Å². The molecule has 41 heavy (non-hydrogen) atoms. The van der Waals surface area contributed by atoms with Gasteiger partial charge in [-0.15, -0.1) is 0 Å². The van der Waals surface area contributed by atoms with Crippen molar-refractivity contribution in [2.45, 2.75) is 6.92 Å². The van der Waals surface area contributed by atoms with Gasteiger partial charge < -0.3 is 39.1 Å². The molecule has 0 aliphatic carbocycles. The largest absolute Gasteiger partial charge is 0.491 e. The molecule has 2 rings (SSSR count). The lowest BCUT2D eigenvalue weighted by atomic mass is 10.2. The van der Waals surface area contributed by atoms with Gasteiger partial charge in [0, 0.05) is 25.2 Å². The summed E-state index contributed by atoms with van der Waals surface area (Å²) in [6, 6.07) is 10.5. The number of amides is 1. The number of carbonyl (C=O) groups is 1. The first-order valence-electron chi connectivity index (χ1n) is 12.9. The lowest BCUT2D eigenvalue weighted by Gasteiger charge is -2.09. The Morgan fingerprint density at radius 3 is 1.71 bits per heavy atom. The highest BCUT2D eigenvalue weighted by molar-refractivity contribution is 5.88. The maximum Gasteiger partial charge on any atom is 0.299 e. The van der Waals surface area contributed by atoms with E-state index in [0.29, 0.717) is 77.5 Å². The van der Waals surface area contributed by atoms with Crippen LogP contribution in [0.15, 0.2) is 42.5 Å². The minimum atomic E-state index is -0.684. The molecule has 1 amide bonds. The standard InChI is InChI=1S/C26H36N4O11/c1-21(31)28-22-2-5-24(6-3-22)41-19-18-40-17-16-39-15-14-38-13-12-37-11-10-36-9-8-27-25-7-4-23(29(32)33)20-26(25)30(34)35/h2-7,20,27H,8-19H2,1H3,(H,28,31). The van der Waals surface area contributed by atoms with Crippen LogP contribution in [0.5, 0.6) is 5.75 Å². The van der Waals surface area contributed by atoms with E-state index in [1.807, 2.05) is 0 Å². The van der Waals surface area contributed by atoms with Crippen LogP contribution in [0.4, 0.5) is 22.7 Å². The predicted octanol–water partition coefficient (Wildman–Crippen LogP) is 3.04. The van der Waals surface area contributed by atoms with Gasteiger partial charge in [0.15, 0.2) is 0 Å². The van der Waals surface area contributed by atoms with Crippen LogP contribution < -0.4 is 15.4 Å². The number of non-ortho nitro benzene ring substituents is 1. The number of hydrogen-bond donors (Lipinski definition) is 2. The van der Waals surface area contributed by atoms with Crippen molar-refractivity contribution in [3.63, 3.8) is 0 Å². The number of hydrogen-bond acceptors (Lipinski definition) is 12. The summed E-state index contributed by atoms with van der Waals surface area (Å²) in [5.41, 5.74) is 0.181. The number of nitrogens with one attached hydrogen (secondary N) is 2. The predicted molar refractivity (Wildman–Crippen MR) is 149 cm³/mol. The fourth-order valence-corrected chi connectivity index (χ4v) is 3.23. The highest BCUT2D eigenvalue weighted by Crippen LogP contribution is 2.28. The molecule has 0 heterocycles. The molecule has 0 atom stereocenters. The molecule has 0 fully saturated rings. The van der Waals surface area contributed by atoms with Crippen LogP contribution in [0.25, 0.3) is 0 Å². The van der Waals surface area contributed by atoms with Crippen molar-refractivity contribution in [1.82, 2.24) is 0 Å². The Kier molecular flexibility index (Phi) is 16.3. The Bertz CT molecular complexity index is 1070. The zero-order valence-corrected chi connectivity index (χ0v) is 22.9. The number of ether oxygens (including phenoxy) is 6. The van der Waals surface area contributed by atoms with Crippen molar-refractivity contribution in [3.8, 4) is 5.75 Å². The lowest BCUT2D eigenvalue weighted by Crippen LogP contribution is -2.15. The maximum absolute atomic E-state index is 11.1. The zero-order chi connectivity index (χ0) is 29.7. The Labute approximate surface area is 237 Å². The minimum Gasteiger partial charge on any atom is -0.491 e. The molecular formula is C26H36N4O11. The average Bonchev–Trinajstić information content (AvgIpc) is 2.94. The average molecular weight is 581 g/mol. The van der Waals surface area contributed by atoms with E-state index in [9.17, 15) is 25.0 Å². The van der Waals surface area contributed by atoms with E-state index in [-0.39, 0.29) is 36.1 Å². The number of nitrogens with zero attached hydrogens (tertiary/aromatic N) is 2. The molecule has 2 aromatic carbocycles. The van der Waals surface area contributed by atoms with Crippen LogP contribution in [0.2, 0.25) is 0 Å². The van der Waals surface area contributed by atoms with Crippen LogP contribution in [0, 0.1) is 20.2 Å². The van der Waals surface area contributed by atoms with Crippen LogP contribution >= 0.6 is 0 Å². The Morgan fingerprint density at radius 1 is 0.707 bits per heavy atom. The highest BCUT2D eigenvalue weighted by atomic mass is 16.6. The highest BCUT2D eigenvalue weighted by Gasteiger charge is 2.19. The summed E-state index contributed by atoms with van der Waals surface area (Å²) >= 11 is 0. The fraction of sp³-hybridized carbons (Fsp3) is 0.500. The zero-order valence-electron chi connectivity index (χ0n) is 22.9. The second-order valence-electron chi connectivity index (χ2n) is 8.26. The molecule has 15 heteroatoms. The molecular weight excluding hydrogens is 544 g/mol. The number of anilines is 2. The van der Waals surface area contributed by atoms with Gasteiger partial charge in [0.05, 0.1) is 82.0 Å². The van der Waals surface area contributed by atoms with Crippen molar-refractivity contribution in [3.05, 3.63) is 62.7 Å². The molecule has 226 valence electrons. The molecule has 0 saturated carbocycles. The third-order valence-electron chi connectivity index (χ3n) is 5.11. The number of benzene rings is 2. The molecule has 0 aliphatic heterocycles. The number of rotatable bonds is 23. The third-order valence-corrected chi connectivity index (χ3v) is 5.11. The van der Waals surface area contributed by atoms with Crippen molar-refractivity contribution in [2.75, 3.05) is 89.9 Å². The quantitative estimate of drug-likeness (QED) is 0.111. The Morgan fingerprint density at radius 2 is 1.22 bits per heavy atom. The molecule has 2 N–H and O–H groups in total. The first-order valence-corrected chi connectivity index (χ1v) is 12.9. The van der Waals surface area contributed by atoms with Crippen LogP contribution in [0.1, 0.15) is 6.92 Å². The van der Waals surface area contributed by atoms with Crippen LogP contribution in [-0.2, 0) is 28.5 Å². The van der Waals surface area contributed by atoms with Crippen LogP contribution in [0.3, 0.4) is 0 Å². The van der Waals surface area contributed by atoms with Crippen LogP contribution in [-0.4, -0.2) is 95.0 Å². The summed E-state index contributed by atoms with van der Waals surface area (Å²) in [6.07, 6.45) is 0. The molecule has 0 saturated heterocycles. The lowest BCUT2D eigenvalue weighted by molar-refractivity contribution is -0.393. The van der Waals surface area contributed by atoms with Gasteiger partial charge in [-0.25, -0.2) is 0 Å². The monoisotopic (exact) mass is 580 g/mol. The summed E-state index contributed by atoms with van der Waals surface area (Å²) in [6.45, 7) is 6.09. The van der Waals surface area contributed by atoms with Gasteiger partial charge in [0.1, 0.15) is 18.0 Å². The summed E-state index contributed by atoms with van der Waals surface area (Å²) in [4.78, 5) is 31.5. The number of nitro groups is 2. The third kappa shape index (κ3) is 14.9. The van der Waals surface area contributed by atoms with Crippen molar-refractivity contribution >= 4 is 28.7 Å². The van der Waals surface area contributed by atoms with Crippen molar-refractivity contribution in [2.24, 2.45) is 0 Å². The second-order valence-corrected chi connectivity index (χ2v) is 8.26. The van der Waals surface area contributed by atoms with Crippen molar-refractivity contribution in [1.29, 1.82) is 0 Å². The van der Waals surface area contributed by atoms with Gasteiger partial charge in [-0.2, -0.15) is 0 Å². The second kappa shape index (κ2) is 20.1. The molecule has 2 aromatic rings. The normalized spacial score (nSPS) is 10.8. The summed E-state index contributed by atoms with van der Waals surface area (Å²) in [7, 11) is 0. The first kappa shape index (κ1) is 33.3. The summed E-state index contributed by atoms with van der Waals surface area (Å²) in [5, 5.41) is 27.4. The molecule has 15 nitrogen and oxygen atoms in total. The van der Waals surface area contributed by atoms with Gasteiger partial charge in [-0.05, 0) is 30.3 Å². The van der Waals surface area contributed by atoms with Gasteiger partial charge in [-0.3, -0.25) is 25.0 Å².